The van der Waals surface area contributed by atoms with E-state index in [4.69, 9.17) is 4.42 Å². The van der Waals surface area contributed by atoms with Gasteiger partial charge in [0, 0.05) is 25.6 Å². The Morgan fingerprint density at radius 1 is 1.40 bits per heavy atom. The van der Waals surface area contributed by atoms with E-state index in [1.165, 1.54) is 25.7 Å². The van der Waals surface area contributed by atoms with Gasteiger partial charge < -0.3 is 9.32 Å². The normalized spacial score (nSPS) is 23.2. The number of nitrogens with zero attached hydrogens (tertiary/aromatic N) is 2. The largest absolute Gasteiger partial charge is 0.465 e. The maximum absolute atomic E-state index is 11.8. The van der Waals surface area contributed by atoms with Crippen molar-refractivity contribution in [1.29, 1.82) is 0 Å². The standard InChI is InChI=1S/C16H24N2O2/c1-12-5-8-16(20-12)11-17-9-3-4-15(17)10-18(13(2)19)14-6-7-14/h5,8,14-15H,3-4,6-7,9-11H2,1-2H3/t15-/m1/s1. The maximum atomic E-state index is 11.8. The molecule has 0 radical (unpaired) electrons. The molecule has 4 heteroatoms. The summed E-state index contributed by atoms with van der Waals surface area (Å²) in [4.78, 5) is 16.3. The van der Waals surface area contributed by atoms with E-state index in [1.54, 1.807) is 6.92 Å². The molecule has 1 saturated carbocycles. The molecule has 0 N–H and O–H groups in total. The number of carbonyl (C=O) groups excluding carboxylic acids is 1. The van der Waals surface area contributed by atoms with Crippen LogP contribution in [-0.4, -0.2) is 40.9 Å². The molecule has 0 unspecified atom stereocenters. The molecule has 1 aliphatic carbocycles. The zero-order chi connectivity index (χ0) is 14.1. The highest BCUT2D eigenvalue weighted by Crippen LogP contribution is 2.29. The van der Waals surface area contributed by atoms with Crippen LogP contribution in [-0.2, 0) is 11.3 Å². The van der Waals surface area contributed by atoms with Crippen molar-refractivity contribution < 1.29 is 9.21 Å². The van der Waals surface area contributed by atoms with Crippen molar-refractivity contribution in [2.75, 3.05) is 13.1 Å². The number of carbonyl (C=O) groups is 1. The molecule has 1 aliphatic heterocycles. The fourth-order valence-corrected chi connectivity index (χ4v) is 3.23. The smallest absolute Gasteiger partial charge is 0.219 e. The van der Waals surface area contributed by atoms with Gasteiger partial charge in [-0.1, -0.05) is 0 Å². The number of rotatable bonds is 5. The molecule has 1 atom stereocenters. The first-order valence-corrected chi connectivity index (χ1v) is 7.70. The van der Waals surface area contributed by atoms with Crippen LogP contribution >= 0.6 is 0 Å². The van der Waals surface area contributed by atoms with Crippen LogP contribution in [0.1, 0.15) is 44.1 Å². The number of likely N-dealkylation sites (tertiary alicyclic amines) is 1. The van der Waals surface area contributed by atoms with Crippen LogP contribution in [0, 0.1) is 6.92 Å². The van der Waals surface area contributed by atoms with E-state index in [0.717, 1.165) is 31.2 Å². The molecule has 1 amide bonds. The fourth-order valence-electron chi connectivity index (χ4n) is 3.23. The summed E-state index contributed by atoms with van der Waals surface area (Å²) in [7, 11) is 0. The van der Waals surface area contributed by atoms with Gasteiger partial charge in [-0.25, -0.2) is 0 Å². The topological polar surface area (TPSA) is 36.7 Å². The Morgan fingerprint density at radius 2 is 2.20 bits per heavy atom. The molecule has 20 heavy (non-hydrogen) atoms. The van der Waals surface area contributed by atoms with Crippen molar-refractivity contribution in [2.24, 2.45) is 0 Å². The molecule has 4 nitrogen and oxygen atoms in total. The summed E-state index contributed by atoms with van der Waals surface area (Å²) in [5.41, 5.74) is 0. The summed E-state index contributed by atoms with van der Waals surface area (Å²) in [6.07, 6.45) is 4.78. The number of furan rings is 1. The van der Waals surface area contributed by atoms with Crippen LogP contribution in [0.25, 0.3) is 0 Å². The van der Waals surface area contributed by atoms with Gasteiger partial charge in [0.1, 0.15) is 11.5 Å². The lowest BCUT2D eigenvalue weighted by atomic mass is 10.2. The van der Waals surface area contributed by atoms with Crippen LogP contribution in [0.15, 0.2) is 16.5 Å². The second-order valence-electron chi connectivity index (χ2n) is 6.18. The number of hydrogen-bond acceptors (Lipinski definition) is 3. The molecular formula is C16H24N2O2. The quantitative estimate of drug-likeness (QED) is 0.829. The summed E-state index contributed by atoms with van der Waals surface area (Å²) in [6.45, 7) is 6.55. The molecule has 110 valence electrons. The van der Waals surface area contributed by atoms with E-state index in [1.807, 2.05) is 13.0 Å². The minimum atomic E-state index is 0.230. The van der Waals surface area contributed by atoms with Crippen LogP contribution in [0.3, 0.4) is 0 Å². The lowest BCUT2D eigenvalue weighted by molar-refractivity contribution is -0.130. The van der Waals surface area contributed by atoms with Gasteiger partial charge in [0.25, 0.3) is 0 Å². The van der Waals surface area contributed by atoms with Crippen molar-refractivity contribution in [3.8, 4) is 0 Å². The summed E-state index contributed by atoms with van der Waals surface area (Å²) in [5, 5.41) is 0. The average Bonchev–Trinajstić information content (AvgIpc) is 3.02. The van der Waals surface area contributed by atoms with Crippen LogP contribution in [0.4, 0.5) is 0 Å². The lowest BCUT2D eigenvalue weighted by Crippen LogP contribution is -2.43. The zero-order valence-corrected chi connectivity index (χ0v) is 12.5. The fraction of sp³-hybridized carbons (Fsp3) is 0.688. The Kier molecular flexibility index (Phi) is 3.83. The van der Waals surface area contributed by atoms with Gasteiger partial charge in [0.15, 0.2) is 0 Å². The third-order valence-electron chi connectivity index (χ3n) is 4.45. The predicted octanol–water partition coefficient (Wildman–Crippen LogP) is 2.56. The first-order valence-electron chi connectivity index (χ1n) is 7.70. The van der Waals surface area contributed by atoms with Gasteiger partial charge in [-0.2, -0.15) is 0 Å². The Hall–Kier alpha value is -1.29. The molecule has 1 aromatic rings. The summed E-state index contributed by atoms with van der Waals surface area (Å²) >= 11 is 0. The number of amides is 1. The number of aryl methyl sites for hydroxylation is 1. The van der Waals surface area contributed by atoms with E-state index >= 15 is 0 Å². The first-order chi connectivity index (χ1) is 9.63. The highest BCUT2D eigenvalue weighted by molar-refractivity contribution is 5.74. The summed E-state index contributed by atoms with van der Waals surface area (Å²) in [5.74, 6) is 2.24. The molecule has 1 saturated heterocycles. The Bertz CT molecular complexity index is 479. The third-order valence-corrected chi connectivity index (χ3v) is 4.45. The molecular weight excluding hydrogens is 252 g/mol. The molecule has 0 bridgehead atoms. The van der Waals surface area contributed by atoms with E-state index in [2.05, 4.69) is 15.9 Å². The predicted molar refractivity (Wildman–Crippen MR) is 77.3 cm³/mol. The molecule has 2 aliphatic rings. The van der Waals surface area contributed by atoms with Crippen LogP contribution in [0.2, 0.25) is 0 Å². The van der Waals surface area contributed by atoms with Crippen molar-refractivity contribution in [3.05, 3.63) is 23.7 Å². The van der Waals surface area contributed by atoms with E-state index in [-0.39, 0.29) is 5.91 Å². The molecule has 2 heterocycles. The van der Waals surface area contributed by atoms with E-state index in [0.29, 0.717) is 12.1 Å². The Labute approximate surface area is 120 Å². The van der Waals surface area contributed by atoms with Gasteiger partial charge in [0.2, 0.25) is 5.91 Å². The SMILES string of the molecule is CC(=O)N(C[C@H]1CCCN1Cc1ccc(C)o1)C1CC1. The van der Waals surface area contributed by atoms with Crippen LogP contribution < -0.4 is 0 Å². The molecule has 0 spiro atoms. The molecule has 0 aromatic carbocycles. The van der Waals surface area contributed by atoms with Gasteiger partial charge in [0.05, 0.1) is 6.54 Å². The maximum Gasteiger partial charge on any atom is 0.219 e. The minimum absolute atomic E-state index is 0.230. The summed E-state index contributed by atoms with van der Waals surface area (Å²) in [6, 6.07) is 5.09. The van der Waals surface area contributed by atoms with Crippen LogP contribution in [0.5, 0.6) is 0 Å². The molecule has 3 rings (SSSR count). The molecule has 1 aromatic heterocycles. The molecule has 2 fully saturated rings. The van der Waals surface area contributed by atoms with Gasteiger partial charge in [-0.15, -0.1) is 0 Å². The van der Waals surface area contributed by atoms with Crippen molar-refractivity contribution >= 4 is 5.91 Å². The second kappa shape index (κ2) is 5.60. The van der Waals surface area contributed by atoms with Crippen molar-refractivity contribution in [3.63, 3.8) is 0 Å². The van der Waals surface area contributed by atoms with E-state index < -0.39 is 0 Å². The zero-order valence-electron chi connectivity index (χ0n) is 12.5. The summed E-state index contributed by atoms with van der Waals surface area (Å²) < 4.78 is 5.68. The highest BCUT2D eigenvalue weighted by atomic mass is 16.3. The monoisotopic (exact) mass is 276 g/mol. The Balaban J connectivity index is 1.61. The minimum Gasteiger partial charge on any atom is -0.465 e. The second-order valence-corrected chi connectivity index (χ2v) is 6.18. The van der Waals surface area contributed by atoms with E-state index in [9.17, 15) is 4.79 Å². The lowest BCUT2D eigenvalue weighted by Gasteiger charge is -2.30. The van der Waals surface area contributed by atoms with Crippen molar-refractivity contribution in [2.45, 2.75) is 58.2 Å². The number of hydrogen-bond donors (Lipinski definition) is 0. The highest BCUT2D eigenvalue weighted by Gasteiger charge is 2.35. The first kappa shape index (κ1) is 13.7. The average molecular weight is 276 g/mol. The Morgan fingerprint density at radius 3 is 2.80 bits per heavy atom. The van der Waals surface area contributed by atoms with Gasteiger partial charge in [-0.3, -0.25) is 9.69 Å². The van der Waals surface area contributed by atoms with Gasteiger partial charge in [-0.05, 0) is 51.3 Å². The van der Waals surface area contributed by atoms with Gasteiger partial charge >= 0.3 is 0 Å². The third kappa shape index (κ3) is 3.06. The van der Waals surface area contributed by atoms with Crippen molar-refractivity contribution in [1.82, 2.24) is 9.80 Å².